The van der Waals surface area contributed by atoms with Gasteiger partial charge in [-0.2, -0.15) is 0 Å². The van der Waals surface area contributed by atoms with Gasteiger partial charge in [0.15, 0.2) is 0 Å². The number of hydrogen-bond acceptors (Lipinski definition) is 0. The Morgan fingerprint density at radius 2 is 1.90 bits per heavy atom. The van der Waals surface area contributed by atoms with Crippen molar-refractivity contribution in [2.75, 3.05) is 0 Å². The van der Waals surface area contributed by atoms with E-state index in [1.165, 1.54) is 0 Å². The van der Waals surface area contributed by atoms with Crippen LogP contribution >= 0.6 is 0 Å². The van der Waals surface area contributed by atoms with Crippen molar-refractivity contribution in [3.63, 3.8) is 0 Å². The summed E-state index contributed by atoms with van der Waals surface area (Å²) in [7, 11) is 0. The van der Waals surface area contributed by atoms with E-state index in [1.54, 1.807) is 12.2 Å². The van der Waals surface area contributed by atoms with E-state index < -0.39 is 0 Å². The molecular formula is C10H14. The summed E-state index contributed by atoms with van der Waals surface area (Å²) in [6.07, 6.45) is 5.36. The molecular weight excluding hydrogens is 120 g/mol. The molecule has 0 heteroatoms. The van der Waals surface area contributed by atoms with Gasteiger partial charge in [-0.25, -0.2) is 0 Å². The predicted octanol–water partition coefficient (Wildman–Crippen LogP) is 2.78. The first-order chi connectivity index (χ1) is 4.56. The first-order valence-electron chi connectivity index (χ1n) is 3.36. The second-order valence-electron chi connectivity index (χ2n) is 3.11. The fourth-order valence-electron chi connectivity index (χ4n) is 0.374. The summed E-state index contributed by atoms with van der Waals surface area (Å²) >= 11 is 0. The van der Waals surface area contributed by atoms with Gasteiger partial charge in [0.2, 0.25) is 0 Å². The smallest absolute Gasteiger partial charge is 0.0233 e. The molecule has 0 spiro atoms. The van der Waals surface area contributed by atoms with Gasteiger partial charge in [0.25, 0.3) is 0 Å². The highest BCUT2D eigenvalue weighted by Crippen LogP contribution is 2.09. The summed E-state index contributed by atoms with van der Waals surface area (Å²) in [6.45, 7) is 9.80. The van der Waals surface area contributed by atoms with Crippen LogP contribution in [0.15, 0.2) is 24.8 Å². The van der Waals surface area contributed by atoms with Crippen molar-refractivity contribution in [2.45, 2.75) is 20.8 Å². The second-order valence-corrected chi connectivity index (χ2v) is 3.11. The van der Waals surface area contributed by atoms with Crippen molar-refractivity contribution in [1.82, 2.24) is 0 Å². The molecule has 0 fully saturated rings. The lowest BCUT2D eigenvalue weighted by Crippen LogP contribution is -1.98. The Morgan fingerprint density at radius 1 is 1.30 bits per heavy atom. The van der Waals surface area contributed by atoms with Crippen molar-refractivity contribution in [3.05, 3.63) is 24.8 Å². The molecule has 10 heavy (non-hydrogen) atoms. The summed E-state index contributed by atoms with van der Waals surface area (Å²) in [5.74, 6) is 6.00. The molecule has 0 aromatic rings. The molecule has 0 heterocycles. The quantitative estimate of drug-likeness (QED) is 0.382. The molecule has 0 bridgehead atoms. The van der Waals surface area contributed by atoms with Crippen LogP contribution in [0.1, 0.15) is 20.8 Å². The van der Waals surface area contributed by atoms with Crippen LogP contribution in [-0.4, -0.2) is 0 Å². The number of allylic oxidation sites excluding steroid dienone is 3. The maximum atomic E-state index is 3.54. The van der Waals surface area contributed by atoms with Crippen LogP contribution in [0.5, 0.6) is 0 Å². The summed E-state index contributed by atoms with van der Waals surface area (Å²) in [6, 6.07) is 0. The Labute approximate surface area is 63.6 Å². The monoisotopic (exact) mass is 134 g/mol. The van der Waals surface area contributed by atoms with E-state index in [-0.39, 0.29) is 5.41 Å². The average molecular weight is 134 g/mol. The number of rotatable bonds is 1. The minimum atomic E-state index is 0.103. The highest BCUT2D eigenvalue weighted by molar-refractivity contribution is 5.21. The first kappa shape index (κ1) is 9.04. The van der Waals surface area contributed by atoms with Gasteiger partial charge in [-0.15, -0.1) is 0 Å². The zero-order valence-corrected chi connectivity index (χ0v) is 6.94. The fourth-order valence-corrected chi connectivity index (χ4v) is 0.374. The van der Waals surface area contributed by atoms with Crippen LogP contribution < -0.4 is 0 Å². The van der Waals surface area contributed by atoms with Crippen LogP contribution in [0.25, 0.3) is 0 Å². The van der Waals surface area contributed by atoms with Gasteiger partial charge in [-0.05, 0) is 26.8 Å². The normalized spacial score (nSPS) is 10.7. The van der Waals surface area contributed by atoms with Crippen LogP contribution in [0.3, 0.4) is 0 Å². The predicted molar refractivity (Wildman–Crippen MR) is 46.6 cm³/mol. The minimum Gasteiger partial charge on any atom is -0.0990 e. The van der Waals surface area contributed by atoms with Crippen LogP contribution in [0, 0.1) is 17.3 Å². The average Bonchev–Trinajstić information content (AvgIpc) is 1.78. The molecule has 0 amide bonds. The summed E-state index contributed by atoms with van der Waals surface area (Å²) in [5.41, 5.74) is 0.103. The van der Waals surface area contributed by atoms with Gasteiger partial charge < -0.3 is 0 Å². The molecule has 0 radical (unpaired) electrons. The molecule has 54 valence electrons. The van der Waals surface area contributed by atoms with E-state index in [9.17, 15) is 0 Å². The van der Waals surface area contributed by atoms with Crippen LogP contribution in [0.4, 0.5) is 0 Å². The third-order valence-corrected chi connectivity index (χ3v) is 0.763. The molecule has 0 saturated carbocycles. The zero-order valence-electron chi connectivity index (χ0n) is 6.94. The maximum Gasteiger partial charge on any atom is 0.0233 e. The standard InChI is InChI=1S/C10H14/c1-5-6-7-8-9-10(2,3)4/h5-7H,1H2,2-4H3/b7-6+. The summed E-state index contributed by atoms with van der Waals surface area (Å²) in [5, 5.41) is 0. The highest BCUT2D eigenvalue weighted by atomic mass is 14.0. The topological polar surface area (TPSA) is 0 Å². The minimum absolute atomic E-state index is 0.103. The molecule has 0 rings (SSSR count). The van der Waals surface area contributed by atoms with Gasteiger partial charge in [-0.3, -0.25) is 0 Å². The molecule has 0 aromatic heterocycles. The Morgan fingerprint density at radius 3 is 2.30 bits per heavy atom. The van der Waals surface area contributed by atoms with Gasteiger partial charge in [0.1, 0.15) is 0 Å². The molecule has 0 aliphatic heterocycles. The summed E-state index contributed by atoms with van der Waals surface area (Å²) in [4.78, 5) is 0. The van der Waals surface area contributed by atoms with Gasteiger partial charge in [0, 0.05) is 5.41 Å². The molecule has 0 aliphatic rings. The van der Waals surface area contributed by atoms with E-state index in [2.05, 4.69) is 39.2 Å². The largest absolute Gasteiger partial charge is 0.0990 e. The van der Waals surface area contributed by atoms with Crippen molar-refractivity contribution in [1.29, 1.82) is 0 Å². The van der Waals surface area contributed by atoms with Crippen molar-refractivity contribution >= 4 is 0 Å². The highest BCUT2D eigenvalue weighted by Gasteiger charge is 2.01. The van der Waals surface area contributed by atoms with Crippen molar-refractivity contribution in [3.8, 4) is 11.8 Å². The Bertz CT molecular complexity index is 178. The molecule has 0 unspecified atom stereocenters. The van der Waals surface area contributed by atoms with Gasteiger partial charge in [0.05, 0.1) is 0 Å². The van der Waals surface area contributed by atoms with E-state index in [0.717, 1.165) is 0 Å². The lowest BCUT2D eigenvalue weighted by atomic mass is 9.98. The van der Waals surface area contributed by atoms with E-state index in [1.807, 2.05) is 6.08 Å². The van der Waals surface area contributed by atoms with Gasteiger partial charge in [-0.1, -0.05) is 30.6 Å². The van der Waals surface area contributed by atoms with Crippen LogP contribution in [0.2, 0.25) is 0 Å². The van der Waals surface area contributed by atoms with Crippen molar-refractivity contribution in [2.24, 2.45) is 5.41 Å². The maximum absolute atomic E-state index is 3.54. The third-order valence-electron chi connectivity index (χ3n) is 0.763. The lowest BCUT2D eigenvalue weighted by molar-refractivity contribution is 0.571. The zero-order chi connectivity index (χ0) is 8.04. The molecule has 0 aliphatic carbocycles. The SMILES string of the molecule is C=C/C=C/C#CC(C)(C)C. The molecule has 0 atom stereocenters. The van der Waals surface area contributed by atoms with Gasteiger partial charge >= 0.3 is 0 Å². The number of hydrogen-bond donors (Lipinski definition) is 0. The van der Waals surface area contributed by atoms with E-state index in [4.69, 9.17) is 0 Å². The second kappa shape index (κ2) is 3.95. The lowest BCUT2D eigenvalue weighted by Gasteiger charge is -2.05. The summed E-state index contributed by atoms with van der Waals surface area (Å²) < 4.78 is 0. The van der Waals surface area contributed by atoms with Crippen LogP contribution in [-0.2, 0) is 0 Å². The molecule has 0 aromatic carbocycles. The fraction of sp³-hybridized carbons (Fsp3) is 0.400. The Kier molecular flexibility index (Phi) is 3.57. The molecule has 0 saturated heterocycles. The van der Waals surface area contributed by atoms with Crippen molar-refractivity contribution < 1.29 is 0 Å². The molecule has 0 nitrogen and oxygen atoms in total. The first-order valence-corrected chi connectivity index (χ1v) is 3.36. The molecule has 0 N–H and O–H groups in total. The third kappa shape index (κ3) is 7.04. The Balaban J connectivity index is 3.93. The van der Waals surface area contributed by atoms with E-state index in [0.29, 0.717) is 0 Å². The van der Waals surface area contributed by atoms with E-state index >= 15 is 0 Å². The Hall–Kier alpha value is -0.960.